The van der Waals surface area contributed by atoms with E-state index in [0.29, 0.717) is 28.8 Å². The van der Waals surface area contributed by atoms with E-state index in [4.69, 9.17) is 13.9 Å². The van der Waals surface area contributed by atoms with Crippen molar-refractivity contribution in [3.05, 3.63) is 89.3 Å². The van der Waals surface area contributed by atoms with Crippen molar-refractivity contribution < 1.29 is 26.7 Å². The van der Waals surface area contributed by atoms with Crippen molar-refractivity contribution in [3.63, 3.8) is 0 Å². The maximum atomic E-state index is 16.0. The Hall–Kier alpha value is -4.26. The lowest BCUT2D eigenvalue weighted by atomic mass is 10.1. The number of halogens is 1. The van der Waals surface area contributed by atoms with Crippen LogP contribution in [0.3, 0.4) is 0 Å². The summed E-state index contributed by atoms with van der Waals surface area (Å²) >= 11 is 0. The lowest BCUT2D eigenvalue weighted by molar-refractivity contribution is 0.0914. The van der Waals surface area contributed by atoms with Crippen molar-refractivity contribution in [1.29, 1.82) is 0 Å². The van der Waals surface area contributed by atoms with Crippen LogP contribution in [0.15, 0.2) is 87.2 Å². The molecular weight excluding hydrogens is 602 g/mol. The fourth-order valence-corrected chi connectivity index (χ4v) is 7.35. The summed E-state index contributed by atoms with van der Waals surface area (Å²) in [5.74, 6) is -0.607. The average Bonchev–Trinajstić information content (AvgIpc) is 3.60. The van der Waals surface area contributed by atoms with Gasteiger partial charge in [-0.1, -0.05) is 37.8 Å². The van der Waals surface area contributed by atoms with Gasteiger partial charge in [0.2, 0.25) is 0 Å². The molecule has 6 rings (SSSR count). The Bertz CT molecular complexity index is 2180. The first-order valence-electron chi connectivity index (χ1n) is 14.3. The largest absolute Gasteiger partial charge is 0.491 e. The van der Waals surface area contributed by atoms with E-state index in [1.165, 1.54) is 36.7 Å². The number of aromatic nitrogens is 3. The Labute approximate surface area is 254 Å². The van der Waals surface area contributed by atoms with Crippen molar-refractivity contribution in [2.24, 2.45) is 0 Å². The molecule has 0 bridgehead atoms. The van der Waals surface area contributed by atoms with Crippen molar-refractivity contribution in [1.82, 2.24) is 13.5 Å². The number of benzene rings is 2. The molecule has 44 heavy (non-hydrogen) atoms. The Kier molecular flexibility index (Phi) is 7.68. The third kappa shape index (κ3) is 5.22. The summed E-state index contributed by atoms with van der Waals surface area (Å²) in [6, 6.07) is 17.0. The first-order chi connectivity index (χ1) is 21.0. The van der Waals surface area contributed by atoms with Crippen molar-refractivity contribution in [3.8, 4) is 17.0 Å². The number of hydrogen-bond donors (Lipinski definition) is 0. The molecule has 4 aromatic heterocycles. The van der Waals surface area contributed by atoms with Crippen LogP contribution in [-0.4, -0.2) is 43.2 Å². The van der Waals surface area contributed by atoms with Crippen molar-refractivity contribution >= 4 is 51.0 Å². The van der Waals surface area contributed by atoms with Gasteiger partial charge in [-0.15, -0.1) is 0 Å². The molecule has 9 nitrogen and oxygen atoms in total. The van der Waals surface area contributed by atoms with E-state index in [-0.39, 0.29) is 46.0 Å². The molecule has 2 aromatic carbocycles. The first-order valence-corrected chi connectivity index (χ1v) is 19.4. The zero-order valence-electron chi connectivity index (χ0n) is 24.8. The van der Waals surface area contributed by atoms with Gasteiger partial charge in [-0.25, -0.2) is 26.6 Å². The number of ether oxygens (including phenoxy) is 2. The maximum Gasteiger partial charge on any atom is 0.345 e. The summed E-state index contributed by atoms with van der Waals surface area (Å²) in [5, 5.41) is 0.789. The molecule has 12 heteroatoms. The SMILES string of the molecule is CCOc1ccc2oc(=O)c3cc(-c4ccnc5c4ccn5S(=O)(=O)c4ccccc4)n(COCC[Si](C)(C)C)c3c2c1F. The minimum absolute atomic E-state index is 0.0208. The molecular formula is C32H32FN3O6SSi. The normalized spacial score (nSPS) is 12.5. The highest BCUT2D eigenvalue weighted by Gasteiger charge is 2.25. The van der Waals surface area contributed by atoms with Crippen molar-refractivity contribution in [2.75, 3.05) is 13.2 Å². The second kappa shape index (κ2) is 11.3. The van der Waals surface area contributed by atoms with E-state index in [2.05, 4.69) is 24.6 Å². The molecule has 228 valence electrons. The van der Waals surface area contributed by atoms with Gasteiger partial charge >= 0.3 is 5.63 Å². The summed E-state index contributed by atoms with van der Waals surface area (Å²) in [5.41, 5.74) is 1.08. The van der Waals surface area contributed by atoms with E-state index in [1.807, 2.05) is 0 Å². The standard InChI is InChI=1S/C32H32FN3O6SSi/c1-5-41-27-12-11-26-28(29(27)33)30-24(32(37)42-26)19-25(35(30)20-40-17-18-44(2,3)4)22-13-15-34-31-23(22)14-16-36(31)43(38,39)21-9-7-6-8-10-21/h6-16,19H,5,17-18,20H2,1-4H3. The number of pyridine rings is 1. The Morgan fingerprint density at radius 3 is 2.52 bits per heavy atom. The minimum atomic E-state index is -3.94. The van der Waals surface area contributed by atoms with Gasteiger partial charge in [-0.3, -0.25) is 0 Å². The fraction of sp³-hybridized carbons (Fsp3) is 0.250. The lowest BCUT2D eigenvalue weighted by Gasteiger charge is -2.17. The summed E-state index contributed by atoms with van der Waals surface area (Å²) in [6.07, 6.45) is 2.97. The molecule has 0 saturated heterocycles. The maximum absolute atomic E-state index is 16.0. The van der Waals surface area contributed by atoms with E-state index in [9.17, 15) is 13.2 Å². The van der Waals surface area contributed by atoms with Crippen LogP contribution < -0.4 is 10.4 Å². The smallest absolute Gasteiger partial charge is 0.345 e. The number of fused-ring (bicyclic) bond motifs is 4. The summed E-state index contributed by atoms with van der Waals surface area (Å²) < 4.78 is 63.2. The number of rotatable bonds is 10. The van der Waals surface area contributed by atoms with Crippen LogP contribution in [0.5, 0.6) is 5.75 Å². The van der Waals surface area contributed by atoms with Gasteiger partial charge < -0.3 is 18.5 Å². The summed E-state index contributed by atoms with van der Waals surface area (Å²) in [7, 11) is -5.35. The molecule has 4 heterocycles. The molecule has 0 saturated carbocycles. The second-order valence-corrected chi connectivity index (χ2v) is 19.1. The van der Waals surface area contributed by atoms with Crippen LogP contribution in [0.1, 0.15) is 6.92 Å². The van der Waals surface area contributed by atoms with Gasteiger partial charge in [0.1, 0.15) is 12.3 Å². The molecule has 0 spiro atoms. The van der Waals surface area contributed by atoms with Crippen LogP contribution in [0, 0.1) is 5.82 Å². The molecule has 0 unspecified atom stereocenters. The van der Waals surface area contributed by atoms with E-state index >= 15 is 4.39 Å². The highest BCUT2D eigenvalue weighted by Crippen LogP contribution is 2.38. The topological polar surface area (TPSA) is 106 Å². The average molecular weight is 634 g/mol. The molecule has 0 amide bonds. The Morgan fingerprint density at radius 2 is 1.80 bits per heavy atom. The molecule has 6 aromatic rings. The zero-order valence-corrected chi connectivity index (χ0v) is 26.7. The summed E-state index contributed by atoms with van der Waals surface area (Å²) in [6.45, 7) is 9.27. The van der Waals surface area contributed by atoms with Gasteiger partial charge in [0.25, 0.3) is 10.0 Å². The molecule has 0 atom stereocenters. The van der Waals surface area contributed by atoms with Crippen LogP contribution in [-0.2, 0) is 21.5 Å². The van der Waals surface area contributed by atoms with Crippen LogP contribution in [0.2, 0.25) is 25.7 Å². The Balaban J connectivity index is 1.60. The predicted molar refractivity (Wildman–Crippen MR) is 171 cm³/mol. The lowest BCUT2D eigenvalue weighted by Crippen LogP contribution is -2.22. The third-order valence-corrected chi connectivity index (χ3v) is 10.9. The van der Waals surface area contributed by atoms with E-state index in [0.717, 1.165) is 10.0 Å². The van der Waals surface area contributed by atoms with Crippen LogP contribution >= 0.6 is 0 Å². The van der Waals surface area contributed by atoms with Crippen LogP contribution in [0.4, 0.5) is 4.39 Å². The monoisotopic (exact) mass is 633 g/mol. The molecule has 0 aliphatic heterocycles. The van der Waals surface area contributed by atoms with Gasteiger partial charge in [0.05, 0.1) is 33.5 Å². The fourth-order valence-electron chi connectivity index (χ4n) is 5.27. The van der Waals surface area contributed by atoms with E-state index in [1.54, 1.807) is 47.9 Å². The van der Waals surface area contributed by atoms with Crippen molar-refractivity contribution in [2.45, 2.75) is 44.2 Å². The molecule has 0 fully saturated rings. The third-order valence-electron chi connectivity index (χ3n) is 7.47. The first kappa shape index (κ1) is 29.8. The number of hydrogen-bond acceptors (Lipinski definition) is 7. The zero-order chi connectivity index (χ0) is 31.2. The van der Waals surface area contributed by atoms with Crippen LogP contribution in [0.25, 0.3) is 44.2 Å². The quantitative estimate of drug-likeness (QED) is 0.0923. The molecule has 0 radical (unpaired) electrons. The number of nitrogens with zero attached hydrogens (tertiary/aromatic N) is 3. The summed E-state index contributed by atoms with van der Waals surface area (Å²) in [4.78, 5) is 17.8. The van der Waals surface area contributed by atoms with E-state index < -0.39 is 29.5 Å². The predicted octanol–water partition coefficient (Wildman–Crippen LogP) is 6.85. The highest BCUT2D eigenvalue weighted by molar-refractivity contribution is 7.90. The Morgan fingerprint density at radius 1 is 1.02 bits per heavy atom. The molecule has 0 N–H and O–H groups in total. The molecule has 0 aliphatic carbocycles. The minimum Gasteiger partial charge on any atom is -0.491 e. The van der Waals surface area contributed by atoms with Gasteiger partial charge in [0, 0.05) is 38.0 Å². The van der Waals surface area contributed by atoms with Gasteiger partial charge in [0.15, 0.2) is 17.2 Å². The highest BCUT2D eigenvalue weighted by atomic mass is 32.2. The molecule has 0 aliphatic rings. The van der Waals surface area contributed by atoms with Gasteiger partial charge in [-0.2, -0.15) is 0 Å². The second-order valence-electron chi connectivity index (χ2n) is 11.7. The van der Waals surface area contributed by atoms with Gasteiger partial charge in [-0.05, 0) is 55.4 Å².